The highest BCUT2D eigenvalue weighted by molar-refractivity contribution is 5.83. The van der Waals surface area contributed by atoms with E-state index in [1.54, 1.807) is 0 Å². The molecule has 0 saturated carbocycles. The topological polar surface area (TPSA) is 108 Å². The van der Waals surface area contributed by atoms with Gasteiger partial charge in [0.1, 0.15) is 6.04 Å². The lowest BCUT2D eigenvalue weighted by Crippen LogP contribution is -2.44. The Bertz CT molecular complexity index is 310. The number of aliphatic hydroxyl groups excluding tert-OH is 1. The third kappa shape index (κ3) is 11.2. The molecule has 1 amide bonds. The van der Waals surface area contributed by atoms with Crippen LogP contribution in [0.1, 0.15) is 33.6 Å². The number of aliphatic hydroxyl groups is 1. The number of hydrogen-bond acceptors (Lipinski definition) is 5. The molecular weight excluding hydrogens is 276 g/mol. The molecule has 0 radical (unpaired) electrons. The highest BCUT2D eigenvalue weighted by Crippen LogP contribution is 2.05. The van der Waals surface area contributed by atoms with Crippen molar-refractivity contribution in [2.24, 2.45) is 5.92 Å². The summed E-state index contributed by atoms with van der Waals surface area (Å²) in [4.78, 5) is 22.9. The van der Waals surface area contributed by atoms with Crippen LogP contribution in [0.5, 0.6) is 0 Å². The van der Waals surface area contributed by atoms with Crippen LogP contribution in [0, 0.1) is 5.92 Å². The van der Waals surface area contributed by atoms with Crippen LogP contribution in [0.4, 0.5) is 0 Å². The Hall–Kier alpha value is -1.18. The average molecular weight is 304 g/mol. The number of nitrogens with one attached hydrogen (secondary N) is 2. The van der Waals surface area contributed by atoms with Gasteiger partial charge in [-0.15, -0.1) is 0 Å². The van der Waals surface area contributed by atoms with Crippen molar-refractivity contribution in [3.05, 3.63) is 0 Å². The second-order valence-corrected chi connectivity index (χ2v) is 5.48. The molecule has 0 aromatic carbocycles. The van der Waals surface area contributed by atoms with Gasteiger partial charge >= 0.3 is 5.97 Å². The van der Waals surface area contributed by atoms with Gasteiger partial charge in [-0.25, -0.2) is 4.79 Å². The number of carboxylic acid groups (broad SMARTS) is 1. The SMILES string of the molecule is CC(C)CC(NC(=O)CC(C)NCCOCCO)C(=O)O. The number of aliphatic carboxylic acids is 1. The molecule has 0 aliphatic rings. The number of carbonyl (C=O) groups excluding carboxylic acids is 1. The van der Waals surface area contributed by atoms with Crippen LogP contribution in [-0.4, -0.2) is 60.5 Å². The number of hydrogen-bond donors (Lipinski definition) is 4. The van der Waals surface area contributed by atoms with E-state index in [2.05, 4.69) is 10.6 Å². The van der Waals surface area contributed by atoms with E-state index in [1.807, 2.05) is 20.8 Å². The van der Waals surface area contributed by atoms with E-state index in [4.69, 9.17) is 14.9 Å². The third-order valence-electron chi connectivity index (χ3n) is 2.81. The van der Waals surface area contributed by atoms with E-state index < -0.39 is 12.0 Å². The van der Waals surface area contributed by atoms with E-state index in [0.717, 1.165) is 0 Å². The molecule has 0 aromatic rings. The largest absolute Gasteiger partial charge is 0.480 e. The van der Waals surface area contributed by atoms with Crippen LogP contribution in [-0.2, 0) is 14.3 Å². The van der Waals surface area contributed by atoms with Crippen LogP contribution < -0.4 is 10.6 Å². The molecule has 2 unspecified atom stereocenters. The van der Waals surface area contributed by atoms with E-state index in [1.165, 1.54) is 0 Å². The average Bonchev–Trinajstić information content (AvgIpc) is 2.36. The van der Waals surface area contributed by atoms with Crippen molar-refractivity contribution in [3.8, 4) is 0 Å². The zero-order valence-corrected chi connectivity index (χ0v) is 13.1. The quantitative estimate of drug-likeness (QED) is 0.377. The lowest BCUT2D eigenvalue weighted by Gasteiger charge is -2.18. The Kier molecular flexibility index (Phi) is 10.8. The summed E-state index contributed by atoms with van der Waals surface area (Å²) in [6.45, 7) is 7.00. The van der Waals surface area contributed by atoms with Crippen LogP contribution >= 0.6 is 0 Å². The number of carbonyl (C=O) groups is 2. The highest BCUT2D eigenvalue weighted by Gasteiger charge is 2.21. The van der Waals surface area contributed by atoms with Gasteiger partial charge in [0, 0.05) is 19.0 Å². The van der Waals surface area contributed by atoms with Crippen LogP contribution in [0.2, 0.25) is 0 Å². The van der Waals surface area contributed by atoms with Crippen LogP contribution in [0.25, 0.3) is 0 Å². The number of ether oxygens (including phenoxy) is 1. The molecule has 0 aromatic heterocycles. The summed E-state index contributed by atoms with van der Waals surface area (Å²) in [6.07, 6.45) is 0.625. The minimum absolute atomic E-state index is 0.00954. The fourth-order valence-corrected chi connectivity index (χ4v) is 1.84. The maximum Gasteiger partial charge on any atom is 0.326 e. The first-order valence-corrected chi connectivity index (χ1v) is 7.31. The van der Waals surface area contributed by atoms with E-state index in [-0.39, 0.29) is 30.9 Å². The van der Waals surface area contributed by atoms with Gasteiger partial charge in [-0.2, -0.15) is 0 Å². The summed E-state index contributed by atoms with van der Waals surface area (Å²) < 4.78 is 5.09. The zero-order valence-electron chi connectivity index (χ0n) is 13.1. The van der Waals surface area contributed by atoms with Crippen molar-refractivity contribution in [1.29, 1.82) is 0 Å². The summed E-state index contributed by atoms with van der Waals surface area (Å²) in [5.74, 6) is -1.08. The lowest BCUT2D eigenvalue weighted by molar-refractivity contribution is -0.142. The summed E-state index contributed by atoms with van der Waals surface area (Å²) in [6, 6.07) is -0.909. The highest BCUT2D eigenvalue weighted by atomic mass is 16.5. The zero-order chi connectivity index (χ0) is 16.3. The Labute approximate surface area is 126 Å². The molecule has 0 fully saturated rings. The minimum Gasteiger partial charge on any atom is -0.480 e. The molecule has 0 aliphatic carbocycles. The molecule has 0 spiro atoms. The van der Waals surface area contributed by atoms with Crippen LogP contribution in [0.15, 0.2) is 0 Å². The summed E-state index contributed by atoms with van der Waals surface area (Å²) >= 11 is 0. The summed E-state index contributed by atoms with van der Waals surface area (Å²) in [5.41, 5.74) is 0. The van der Waals surface area contributed by atoms with Crippen molar-refractivity contribution in [2.45, 2.75) is 45.7 Å². The monoisotopic (exact) mass is 304 g/mol. The van der Waals surface area contributed by atoms with Crippen molar-refractivity contribution in [3.63, 3.8) is 0 Å². The molecule has 0 aliphatic heterocycles. The van der Waals surface area contributed by atoms with E-state index >= 15 is 0 Å². The minimum atomic E-state index is -1.00. The van der Waals surface area contributed by atoms with E-state index in [9.17, 15) is 9.59 Å². The number of carboxylic acids is 1. The molecule has 4 N–H and O–H groups in total. The van der Waals surface area contributed by atoms with Gasteiger partial charge in [0.25, 0.3) is 0 Å². The van der Waals surface area contributed by atoms with Gasteiger partial charge < -0.3 is 25.6 Å². The maximum atomic E-state index is 11.8. The molecule has 0 bridgehead atoms. The fourth-order valence-electron chi connectivity index (χ4n) is 1.84. The van der Waals surface area contributed by atoms with Gasteiger partial charge in [0.15, 0.2) is 0 Å². The van der Waals surface area contributed by atoms with Crippen molar-refractivity contribution in [2.75, 3.05) is 26.4 Å². The Morgan fingerprint density at radius 3 is 2.38 bits per heavy atom. The molecular formula is C14H28N2O5. The van der Waals surface area contributed by atoms with Gasteiger partial charge in [0.2, 0.25) is 5.91 Å². The Morgan fingerprint density at radius 2 is 1.86 bits per heavy atom. The van der Waals surface area contributed by atoms with Crippen molar-refractivity contribution < 1.29 is 24.5 Å². The smallest absolute Gasteiger partial charge is 0.326 e. The third-order valence-corrected chi connectivity index (χ3v) is 2.81. The summed E-state index contributed by atoms with van der Waals surface area (Å²) in [7, 11) is 0. The Balaban J connectivity index is 3.96. The van der Waals surface area contributed by atoms with Gasteiger partial charge in [-0.3, -0.25) is 4.79 Å². The van der Waals surface area contributed by atoms with Gasteiger partial charge in [0.05, 0.1) is 19.8 Å². The first-order valence-electron chi connectivity index (χ1n) is 7.31. The molecule has 0 rings (SSSR count). The number of amides is 1. The first-order chi connectivity index (χ1) is 9.86. The predicted molar refractivity (Wildman–Crippen MR) is 79.0 cm³/mol. The maximum absolute atomic E-state index is 11.8. The summed E-state index contributed by atoms with van der Waals surface area (Å²) in [5, 5.41) is 23.2. The molecule has 21 heavy (non-hydrogen) atoms. The fraction of sp³-hybridized carbons (Fsp3) is 0.857. The van der Waals surface area contributed by atoms with Crippen LogP contribution in [0.3, 0.4) is 0 Å². The second kappa shape index (κ2) is 11.5. The second-order valence-electron chi connectivity index (χ2n) is 5.48. The molecule has 0 heterocycles. The standard InChI is InChI=1S/C14H28N2O5/c1-10(2)8-12(14(19)20)16-13(18)9-11(3)15-4-6-21-7-5-17/h10-12,15,17H,4-9H2,1-3H3,(H,16,18)(H,19,20). The van der Waals surface area contributed by atoms with Gasteiger partial charge in [-0.1, -0.05) is 13.8 Å². The molecule has 0 saturated heterocycles. The van der Waals surface area contributed by atoms with E-state index in [0.29, 0.717) is 26.2 Å². The van der Waals surface area contributed by atoms with Gasteiger partial charge in [-0.05, 0) is 19.3 Å². The molecule has 124 valence electrons. The Morgan fingerprint density at radius 1 is 1.19 bits per heavy atom. The van der Waals surface area contributed by atoms with Crippen molar-refractivity contribution >= 4 is 11.9 Å². The molecule has 7 heteroatoms. The lowest BCUT2D eigenvalue weighted by atomic mass is 10.0. The number of rotatable bonds is 12. The molecule has 7 nitrogen and oxygen atoms in total. The predicted octanol–water partition coefficient (Wildman–Crippen LogP) is -0.0210. The molecule has 2 atom stereocenters. The first kappa shape index (κ1) is 19.8. The normalized spacial score (nSPS) is 14.0. The van der Waals surface area contributed by atoms with Crippen molar-refractivity contribution in [1.82, 2.24) is 10.6 Å².